The second kappa shape index (κ2) is 7.14. The average Bonchev–Trinajstić information content (AvgIpc) is 2.75. The Balaban J connectivity index is 2.50. The van der Waals surface area contributed by atoms with Gasteiger partial charge < -0.3 is 19.7 Å². The standard InChI is InChI=1S/C19H26O6/c1-10(2)17(21)25-15-12(4)8-6-7-11(3)9-14-19(23,16(15)20)13(5)18(22)24-14/h8-10,14-16,20,23H,5-7H2,1-4H3/b11-9+,12-8+/t14-,15-,16-,19-/m0/s1. The molecule has 138 valence electrons. The Bertz CT molecular complexity index is 644. The largest absolute Gasteiger partial charge is 0.455 e. The van der Waals surface area contributed by atoms with Crippen LogP contribution in [0, 0.1) is 5.92 Å². The van der Waals surface area contributed by atoms with Gasteiger partial charge in [-0.2, -0.15) is 0 Å². The third kappa shape index (κ3) is 3.55. The van der Waals surface area contributed by atoms with Crippen LogP contribution in [0.2, 0.25) is 0 Å². The first-order valence-corrected chi connectivity index (χ1v) is 8.44. The molecule has 0 unspecified atom stereocenters. The highest BCUT2D eigenvalue weighted by Crippen LogP contribution is 2.39. The Morgan fingerprint density at radius 1 is 1.44 bits per heavy atom. The van der Waals surface area contributed by atoms with Gasteiger partial charge in [-0.3, -0.25) is 4.79 Å². The molecule has 25 heavy (non-hydrogen) atoms. The molecule has 0 aromatic carbocycles. The van der Waals surface area contributed by atoms with Crippen molar-refractivity contribution in [3.8, 4) is 0 Å². The van der Waals surface area contributed by atoms with Gasteiger partial charge >= 0.3 is 11.9 Å². The molecule has 0 radical (unpaired) electrons. The molecule has 1 heterocycles. The van der Waals surface area contributed by atoms with Gasteiger partial charge in [-0.05, 0) is 38.3 Å². The van der Waals surface area contributed by atoms with E-state index in [1.54, 1.807) is 26.8 Å². The van der Waals surface area contributed by atoms with Crippen molar-refractivity contribution < 1.29 is 29.3 Å². The van der Waals surface area contributed by atoms with E-state index in [1.807, 2.05) is 13.0 Å². The van der Waals surface area contributed by atoms with Gasteiger partial charge in [0.15, 0.2) is 17.8 Å². The second-order valence-corrected chi connectivity index (χ2v) is 7.09. The van der Waals surface area contributed by atoms with Crippen LogP contribution in [0.15, 0.2) is 35.5 Å². The van der Waals surface area contributed by atoms with E-state index >= 15 is 0 Å². The molecule has 1 saturated heterocycles. The summed E-state index contributed by atoms with van der Waals surface area (Å²) >= 11 is 0. The van der Waals surface area contributed by atoms with E-state index in [9.17, 15) is 19.8 Å². The fourth-order valence-electron chi connectivity index (χ4n) is 3.00. The molecular weight excluding hydrogens is 324 g/mol. The number of rotatable bonds is 2. The number of ether oxygens (including phenoxy) is 2. The molecule has 0 saturated carbocycles. The molecule has 1 aliphatic heterocycles. The van der Waals surface area contributed by atoms with Crippen LogP contribution in [-0.4, -0.2) is 46.1 Å². The van der Waals surface area contributed by atoms with Crippen LogP contribution in [0.3, 0.4) is 0 Å². The van der Waals surface area contributed by atoms with Gasteiger partial charge in [0.25, 0.3) is 0 Å². The third-order valence-corrected chi connectivity index (χ3v) is 4.74. The van der Waals surface area contributed by atoms with Crippen molar-refractivity contribution in [3.63, 3.8) is 0 Å². The van der Waals surface area contributed by atoms with Crippen LogP contribution >= 0.6 is 0 Å². The molecule has 0 aromatic heterocycles. The summed E-state index contributed by atoms with van der Waals surface area (Å²) in [5.74, 6) is -1.67. The maximum Gasteiger partial charge on any atom is 0.337 e. The summed E-state index contributed by atoms with van der Waals surface area (Å²) in [7, 11) is 0. The number of carbonyl (C=O) groups excluding carboxylic acids is 2. The highest BCUT2D eigenvalue weighted by Gasteiger charge is 2.58. The quantitative estimate of drug-likeness (QED) is 0.448. The van der Waals surface area contributed by atoms with E-state index in [0.29, 0.717) is 18.4 Å². The van der Waals surface area contributed by atoms with Gasteiger partial charge in [0.2, 0.25) is 0 Å². The molecule has 1 fully saturated rings. The Morgan fingerprint density at radius 2 is 2.08 bits per heavy atom. The van der Waals surface area contributed by atoms with Crippen molar-refractivity contribution >= 4 is 11.9 Å². The molecule has 6 heteroatoms. The first-order chi connectivity index (χ1) is 11.6. The molecule has 2 N–H and O–H groups in total. The number of aliphatic hydroxyl groups excluding tert-OH is 1. The smallest absolute Gasteiger partial charge is 0.337 e. The lowest BCUT2D eigenvalue weighted by Gasteiger charge is -2.37. The van der Waals surface area contributed by atoms with Gasteiger partial charge in [-0.25, -0.2) is 4.79 Å². The average molecular weight is 350 g/mol. The number of allylic oxidation sites excluding steroid dienone is 2. The van der Waals surface area contributed by atoms with Crippen LogP contribution in [0.25, 0.3) is 0 Å². The number of esters is 2. The van der Waals surface area contributed by atoms with Gasteiger partial charge in [-0.15, -0.1) is 0 Å². The van der Waals surface area contributed by atoms with E-state index in [4.69, 9.17) is 9.47 Å². The molecule has 2 aliphatic rings. The predicted molar refractivity (Wildman–Crippen MR) is 91.4 cm³/mol. The fourth-order valence-corrected chi connectivity index (χ4v) is 3.00. The summed E-state index contributed by atoms with van der Waals surface area (Å²) in [5, 5.41) is 22.0. The summed E-state index contributed by atoms with van der Waals surface area (Å²) in [6.07, 6.45) is 1.09. The lowest BCUT2D eigenvalue weighted by atomic mass is 9.79. The van der Waals surface area contributed by atoms with Crippen molar-refractivity contribution in [2.24, 2.45) is 5.92 Å². The summed E-state index contributed by atoms with van der Waals surface area (Å²) < 4.78 is 10.7. The van der Waals surface area contributed by atoms with Gasteiger partial charge in [0.1, 0.15) is 6.10 Å². The van der Waals surface area contributed by atoms with Crippen LogP contribution in [0.4, 0.5) is 0 Å². The SMILES string of the molecule is C=C1C(=O)O[C@H]2/C=C(\C)CC/C=C(\C)[C@H](OC(=O)C(C)C)[C@H](O)[C@]12O. The van der Waals surface area contributed by atoms with Gasteiger partial charge in [0.05, 0.1) is 11.5 Å². The number of carbonyl (C=O) groups is 2. The minimum atomic E-state index is -2.06. The molecular formula is C19H26O6. The van der Waals surface area contributed by atoms with E-state index in [0.717, 1.165) is 5.57 Å². The highest BCUT2D eigenvalue weighted by molar-refractivity contribution is 5.93. The topological polar surface area (TPSA) is 93.1 Å². The minimum absolute atomic E-state index is 0.243. The van der Waals surface area contributed by atoms with Gasteiger partial charge in [-0.1, -0.05) is 32.1 Å². The van der Waals surface area contributed by atoms with Crippen molar-refractivity contribution in [1.82, 2.24) is 0 Å². The summed E-state index contributed by atoms with van der Waals surface area (Å²) in [4.78, 5) is 24.0. The van der Waals surface area contributed by atoms with Crippen LogP contribution in [0.1, 0.15) is 40.5 Å². The molecule has 2 rings (SSSR count). The molecule has 0 bridgehead atoms. The zero-order chi connectivity index (χ0) is 18.9. The Hall–Kier alpha value is -1.92. The van der Waals surface area contributed by atoms with Crippen molar-refractivity contribution in [1.29, 1.82) is 0 Å². The Kier molecular flexibility index (Phi) is 5.54. The Morgan fingerprint density at radius 3 is 2.68 bits per heavy atom. The second-order valence-electron chi connectivity index (χ2n) is 7.09. The van der Waals surface area contributed by atoms with E-state index in [1.165, 1.54) is 0 Å². The lowest BCUT2D eigenvalue weighted by Crippen LogP contribution is -2.56. The first-order valence-electron chi connectivity index (χ1n) is 8.44. The molecule has 4 atom stereocenters. The van der Waals surface area contributed by atoms with Crippen LogP contribution < -0.4 is 0 Å². The molecule has 0 aromatic rings. The summed E-state index contributed by atoms with van der Waals surface area (Å²) in [6, 6.07) is 0. The van der Waals surface area contributed by atoms with E-state index in [-0.39, 0.29) is 5.57 Å². The molecule has 0 amide bonds. The number of hydrogen-bond acceptors (Lipinski definition) is 6. The van der Waals surface area contributed by atoms with E-state index in [2.05, 4.69) is 6.58 Å². The normalized spacial score (nSPS) is 37.5. The van der Waals surface area contributed by atoms with Crippen LogP contribution in [-0.2, 0) is 19.1 Å². The number of hydrogen-bond donors (Lipinski definition) is 2. The maximum atomic E-state index is 12.1. The van der Waals surface area contributed by atoms with Crippen molar-refractivity contribution in [3.05, 3.63) is 35.5 Å². The van der Waals surface area contributed by atoms with E-state index < -0.39 is 41.8 Å². The zero-order valence-electron chi connectivity index (χ0n) is 15.1. The maximum absolute atomic E-state index is 12.1. The summed E-state index contributed by atoms with van der Waals surface area (Å²) in [5.41, 5.74) is -0.782. The van der Waals surface area contributed by atoms with Crippen molar-refractivity contribution in [2.45, 2.75) is 64.4 Å². The zero-order valence-corrected chi connectivity index (χ0v) is 15.1. The fraction of sp³-hybridized carbons (Fsp3) is 0.579. The minimum Gasteiger partial charge on any atom is -0.455 e. The Labute approximate surface area is 147 Å². The summed E-state index contributed by atoms with van der Waals surface area (Å²) in [6.45, 7) is 10.5. The van der Waals surface area contributed by atoms with Crippen molar-refractivity contribution in [2.75, 3.05) is 0 Å². The monoisotopic (exact) mass is 350 g/mol. The number of fused-ring (bicyclic) bond motifs is 1. The molecule has 1 aliphatic carbocycles. The lowest BCUT2D eigenvalue weighted by molar-refractivity contribution is -0.170. The predicted octanol–water partition coefficient (Wildman–Crippen LogP) is 1.81. The van der Waals surface area contributed by atoms with Gasteiger partial charge in [0, 0.05) is 0 Å². The molecule has 0 spiro atoms. The first kappa shape index (κ1) is 19.4. The third-order valence-electron chi connectivity index (χ3n) is 4.74. The number of aliphatic hydroxyl groups is 2. The highest BCUT2D eigenvalue weighted by atomic mass is 16.6. The molecule has 6 nitrogen and oxygen atoms in total. The van der Waals surface area contributed by atoms with Crippen LogP contribution in [0.5, 0.6) is 0 Å².